The molecule has 0 amide bonds. The zero-order chi connectivity index (χ0) is 49.4. The molecule has 2 heterocycles. The Morgan fingerprint density at radius 3 is 2.51 bits per heavy atom. The lowest BCUT2D eigenvalue weighted by atomic mass is 10.0. The molecule has 0 aliphatic carbocycles. The summed E-state index contributed by atoms with van der Waals surface area (Å²) in [6.45, 7) is -19.2. The highest BCUT2D eigenvalue weighted by molar-refractivity contribution is 7.49. The van der Waals surface area contributed by atoms with Crippen LogP contribution in [0.2, 0.25) is 1.41 Å². The van der Waals surface area contributed by atoms with Crippen LogP contribution in [-0.2, 0) is 32.9 Å². The average molecular weight is 637 g/mol. The highest BCUT2D eigenvalue weighted by Crippen LogP contribution is 2.40. The molecule has 224 valence electrons. The Balaban J connectivity index is 2.38. The van der Waals surface area contributed by atoms with E-state index in [-0.39, 0.29) is 0 Å². The largest absolute Gasteiger partial charge is 0.454 e. The molecule has 3 aromatic rings. The molecule has 10 nitrogen and oxygen atoms in total. The molecular formula is C23H22F7N4O6P. The minimum Gasteiger partial charge on any atom is -0.349 e. The van der Waals surface area contributed by atoms with Crippen molar-refractivity contribution in [2.24, 2.45) is 0 Å². The van der Waals surface area contributed by atoms with Crippen LogP contribution in [0.4, 0.5) is 30.7 Å². The van der Waals surface area contributed by atoms with Crippen LogP contribution in [0.15, 0.2) is 47.1 Å². The zero-order valence-electron chi connectivity index (χ0n) is 40.8. The molecule has 3 atom stereocenters. The second-order valence-corrected chi connectivity index (χ2v) is 8.41. The number of H-pyrrole nitrogens is 1. The van der Waals surface area contributed by atoms with Crippen LogP contribution in [0.3, 0.4) is 0 Å². The summed E-state index contributed by atoms with van der Waals surface area (Å²) in [5.41, 5.74) is -13.3. The van der Waals surface area contributed by atoms with Crippen LogP contribution >= 0.6 is 7.75 Å². The summed E-state index contributed by atoms with van der Waals surface area (Å²) in [6.07, 6.45) is -23.1. The highest BCUT2D eigenvalue weighted by atomic mass is 31.2. The molecular weight excluding hydrogens is 592 g/mol. The van der Waals surface area contributed by atoms with Gasteiger partial charge in [-0.1, -0.05) is 12.1 Å². The number of benzene rings is 2. The van der Waals surface area contributed by atoms with Gasteiger partial charge in [0.2, 0.25) is 2.86 Å². The smallest absolute Gasteiger partial charge is 0.349 e. The van der Waals surface area contributed by atoms with E-state index in [0.717, 1.165) is 0 Å². The molecule has 0 unspecified atom stereocenters. The number of hydrogen-bond donors (Lipinski definition) is 3. The average Bonchev–Trinajstić information content (AvgIpc) is 3.41. The molecule has 18 heteroatoms. The number of hydrogen-bond acceptors (Lipinski definition) is 8. The maximum Gasteiger partial charge on any atom is 0.454 e. The standard InChI is InChI=1S/C23H22F7N4O6P/c1-12(14-8-15(22(25,26)27)10-16(9-14)23(28,29)30)40-20-19(13-2-4-17(24)5-3-13)33(6-7-39-20)11-18-31-21(35)34(32-18)41(36,37)38/h2-5,8-10,12,19-20H,6-7,11H2,1H3,(H,31,32,35)(H2,36,37,38)/t12-,19-,20+/m0/s1/i1D3,2D,3D,4D,5D,6D2,7D2,8D,9D,10D,11D2,12D,19D,20D/hD3. The second kappa shape index (κ2) is 11.3. The molecule has 0 bridgehead atoms. The number of nitrogens with zero attached hydrogens (tertiary/aromatic N) is 3. The highest BCUT2D eigenvalue weighted by Gasteiger charge is 2.39. The fourth-order valence-electron chi connectivity index (χ4n) is 2.70. The van der Waals surface area contributed by atoms with Crippen molar-refractivity contribution in [2.45, 2.75) is 44.1 Å². The first kappa shape index (κ1) is 13.1. The normalized spacial score (nSPS) is 35.0. The van der Waals surface area contributed by atoms with Gasteiger partial charge in [0.05, 0.1) is 55.5 Å². The van der Waals surface area contributed by atoms with E-state index in [0.29, 0.717) is 0 Å². The van der Waals surface area contributed by atoms with E-state index in [1.54, 1.807) is 0 Å². The third kappa shape index (κ3) is 7.23. The van der Waals surface area contributed by atoms with E-state index in [1.807, 2.05) is 0 Å². The number of rotatable bonds is 9. The summed E-state index contributed by atoms with van der Waals surface area (Å²) < 4.78 is 304. The second-order valence-electron chi connectivity index (χ2n) is 7.09. The number of halogens is 7. The van der Waals surface area contributed by atoms with Crippen LogP contribution in [0, 0.1) is 5.82 Å². The Morgan fingerprint density at radius 1 is 1.32 bits per heavy atom. The van der Waals surface area contributed by atoms with Gasteiger partial charge < -0.3 is 19.3 Å². The van der Waals surface area contributed by atoms with Crippen LogP contribution in [0.5, 0.6) is 0 Å². The quantitative estimate of drug-likeness (QED) is 0.233. The molecule has 0 radical (unpaired) electrons. The van der Waals surface area contributed by atoms with Crippen LogP contribution in [-0.4, -0.2) is 51.4 Å². The first-order valence-electron chi connectivity index (χ1n) is 20.6. The summed E-state index contributed by atoms with van der Waals surface area (Å²) in [4.78, 5) is 18.1. The molecule has 1 aliphatic heterocycles. The third-order valence-corrected chi connectivity index (χ3v) is 5.02. The van der Waals surface area contributed by atoms with Crippen molar-refractivity contribution in [3.63, 3.8) is 0 Å². The van der Waals surface area contributed by atoms with E-state index in [1.165, 1.54) is 0 Å². The van der Waals surface area contributed by atoms with Crippen molar-refractivity contribution in [3.05, 3.63) is 86.7 Å². The van der Waals surface area contributed by atoms with Gasteiger partial charge >= 0.3 is 25.8 Å². The van der Waals surface area contributed by atoms with Crippen molar-refractivity contribution >= 4 is 7.75 Å². The Bertz CT molecular complexity index is 2410. The van der Waals surface area contributed by atoms with Crippen LogP contribution in [0.25, 0.3) is 0 Å². The lowest BCUT2D eigenvalue weighted by Gasteiger charge is -2.41. The van der Waals surface area contributed by atoms with E-state index in [4.69, 9.17) is 32.3 Å². The lowest BCUT2D eigenvalue weighted by Crippen LogP contribution is -2.46. The van der Waals surface area contributed by atoms with Gasteiger partial charge in [0.1, 0.15) is 11.6 Å². The third-order valence-electron chi connectivity index (χ3n) is 4.29. The van der Waals surface area contributed by atoms with E-state index >= 15 is 0 Å². The summed E-state index contributed by atoms with van der Waals surface area (Å²) >= 11 is 0. The van der Waals surface area contributed by atoms with Crippen molar-refractivity contribution < 1.29 is 82.0 Å². The van der Waals surface area contributed by atoms with E-state index in [9.17, 15) is 42.8 Å². The molecule has 0 spiro atoms. The molecule has 41 heavy (non-hydrogen) atoms. The molecule has 1 fully saturated rings. The van der Waals surface area contributed by atoms with Crippen molar-refractivity contribution in [1.29, 1.82) is 2.86 Å². The Labute approximate surface area is 257 Å². The summed E-state index contributed by atoms with van der Waals surface area (Å²) in [5, 5.41) is 3.00. The lowest BCUT2D eigenvalue weighted by molar-refractivity contribution is -0.231. The van der Waals surface area contributed by atoms with Gasteiger partial charge in [-0.2, -0.15) is 26.3 Å². The molecule has 2 aromatic carbocycles. The molecule has 1 aliphatic rings. The predicted molar refractivity (Wildman–Crippen MR) is 126 cm³/mol. The molecule has 0 saturated carbocycles. The van der Waals surface area contributed by atoms with Gasteiger partial charge in [-0.3, -0.25) is 9.88 Å². The number of morpholine rings is 1. The number of aromatic amines is 1. The number of ether oxygens (including phenoxy) is 2. The van der Waals surface area contributed by atoms with Crippen LogP contribution in [0.1, 0.15) is 73.1 Å². The minimum atomic E-state index is -6.29. The van der Waals surface area contributed by atoms with Gasteiger partial charge in [0.15, 0.2) is 7.68 Å². The summed E-state index contributed by atoms with van der Waals surface area (Å²) in [6, 6.07) is -21.3. The Hall–Kier alpha value is -3.08. The zero-order valence-corrected chi connectivity index (χ0v) is 19.7. The molecule has 3 N–H and O–H groups in total. The van der Waals surface area contributed by atoms with Crippen molar-refractivity contribution in [2.75, 3.05) is 13.1 Å². The van der Waals surface area contributed by atoms with E-state index < -0.39 is 161 Å². The van der Waals surface area contributed by atoms with Gasteiger partial charge in [-0.25, -0.2) is 13.8 Å². The van der Waals surface area contributed by atoms with Gasteiger partial charge in [-0.05, 0) is 48.2 Å². The van der Waals surface area contributed by atoms with Gasteiger partial charge in [0.25, 0.3) is 0 Å². The minimum absolute atomic E-state index is 0.789. The Morgan fingerprint density at radius 2 is 1.95 bits per heavy atom. The predicted octanol–water partition coefficient (Wildman–Crippen LogP) is 4.37. The monoisotopic (exact) mass is 636 g/mol. The number of nitrogens with one attached hydrogen (secondary N) is 1. The maximum absolute atomic E-state index is 15.0. The summed E-state index contributed by atoms with van der Waals surface area (Å²) in [5.74, 6) is -4.35. The summed E-state index contributed by atoms with van der Waals surface area (Å²) in [7, 11) is -5.77. The van der Waals surface area contributed by atoms with Gasteiger partial charge in [-0.15, -0.1) is 9.55 Å². The number of aromatic nitrogens is 3. The topological polar surface area (TPSA) is 130 Å². The van der Waals surface area contributed by atoms with Crippen molar-refractivity contribution in [3.8, 4) is 0 Å². The van der Waals surface area contributed by atoms with Crippen molar-refractivity contribution in [1.82, 2.24) is 19.4 Å². The van der Waals surface area contributed by atoms with Gasteiger partial charge in [0, 0.05) is 13.4 Å². The fraction of sp³-hybridized carbons (Fsp3) is 0.391. The van der Waals surface area contributed by atoms with E-state index in [2.05, 4.69) is 19.6 Å². The SMILES string of the molecule is [2H]OP(=O)(O[2H])n1nc(C([2H])([2H])N2C([2H])([2H])C([2H])([2H])O[C@]([2H])(O[C@]([2H])(c3c([2H])c(C(F)(F)F)c([2H])c(C(F)(F)F)c3[2H])C([2H])([2H])[2H])[C@]2([2H])c2c([2H])c([2H])c(F)c([2H])c2[2H])n([2H])c1=O. The maximum atomic E-state index is 15.0. The molecule has 4 rings (SSSR count). The fourth-order valence-corrected chi connectivity index (χ4v) is 3.15. The van der Waals surface area contributed by atoms with Crippen LogP contribution < -0.4 is 5.69 Å². The first-order valence-corrected chi connectivity index (χ1v) is 11.4. The Kier molecular flexibility index (Phi) is 3.60. The molecule has 1 aromatic heterocycles. The first-order chi connectivity index (χ1) is 28.0. The molecule has 1 saturated heterocycles. The number of alkyl halides is 6.